The van der Waals surface area contributed by atoms with Crippen molar-refractivity contribution >= 4 is 21.8 Å². The molecule has 0 aliphatic heterocycles. The highest BCUT2D eigenvalue weighted by Gasteiger charge is 2.17. The molecule has 0 bridgehead atoms. The minimum absolute atomic E-state index is 0.0175. The van der Waals surface area contributed by atoms with Crippen molar-refractivity contribution in [2.24, 2.45) is 0 Å². The molecule has 2 heterocycles. The van der Waals surface area contributed by atoms with Gasteiger partial charge in [0, 0.05) is 33.2 Å². The molecular weight excluding hydrogens is 524 g/mol. The average molecular weight is 567 g/mol. The Kier molecular flexibility index (Phi) is 3.28. The molecular formula is C39H26N4. The third-order valence-corrected chi connectivity index (χ3v) is 6.75. The van der Waals surface area contributed by atoms with E-state index >= 15 is 0 Å². The Morgan fingerprint density at radius 3 is 1.49 bits per heavy atom. The summed E-state index contributed by atoms with van der Waals surface area (Å²) in [6, 6.07) is 7.72. The van der Waals surface area contributed by atoms with Crippen molar-refractivity contribution in [2.75, 3.05) is 0 Å². The molecule has 0 spiro atoms. The summed E-state index contributed by atoms with van der Waals surface area (Å²) in [6.45, 7) is 0. The Morgan fingerprint density at radius 2 is 0.930 bits per heavy atom. The summed E-state index contributed by atoms with van der Waals surface area (Å²) >= 11 is 0. The van der Waals surface area contributed by atoms with Gasteiger partial charge in [-0.25, -0.2) is 15.0 Å². The Hall–Kier alpha value is -5.87. The Labute approximate surface area is 272 Å². The summed E-state index contributed by atoms with van der Waals surface area (Å²) in [7, 11) is 0. The summed E-state index contributed by atoms with van der Waals surface area (Å²) in [5, 5.41) is 0.0349. The highest BCUT2D eigenvalue weighted by atomic mass is 15.0. The number of hydrogen-bond donors (Lipinski definition) is 0. The van der Waals surface area contributed by atoms with Crippen LogP contribution in [0.5, 0.6) is 0 Å². The molecule has 0 aliphatic carbocycles. The van der Waals surface area contributed by atoms with Crippen molar-refractivity contribution < 1.29 is 21.9 Å². The van der Waals surface area contributed by atoms with Gasteiger partial charge in [0.1, 0.15) is 0 Å². The Morgan fingerprint density at radius 1 is 0.419 bits per heavy atom. The monoisotopic (exact) mass is 566 g/mol. The van der Waals surface area contributed by atoms with E-state index in [1.165, 1.54) is 22.8 Å². The van der Waals surface area contributed by atoms with Crippen LogP contribution in [0.1, 0.15) is 21.9 Å². The van der Waals surface area contributed by atoms with Crippen LogP contribution in [0.3, 0.4) is 0 Å². The topological polar surface area (TPSA) is 43.6 Å². The highest BCUT2D eigenvalue weighted by molar-refractivity contribution is 6.09. The van der Waals surface area contributed by atoms with E-state index in [-0.39, 0.29) is 75.1 Å². The predicted molar refractivity (Wildman–Crippen MR) is 176 cm³/mol. The number of nitrogens with zero attached hydrogens (tertiary/aromatic N) is 4. The van der Waals surface area contributed by atoms with E-state index < -0.39 is 83.2 Å². The lowest BCUT2D eigenvalue weighted by atomic mass is 10.0. The summed E-state index contributed by atoms with van der Waals surface area (Å²) in [5.74, 6) is -1.17. The quantitative estimate of drug-likeness (QED) is 0.208. The van der Waals surface area contributed by atoms with Gasteiger partial charge in [0.25, 0.3) is 0 Å². The van der Waals surface area contributed by atoms with Crippen molar-refractivity contribution in [3.63, 3.8) is 0 Å². The third kappa shape index (κ3) is 4.55. The molecule has 0 aliphatic rings. The molecule has 6 aromatic carbocycles. The molecule has 0 unspecified atom stereocenters. The zero-order valence-corrected chi connectivity index (χ0v) is 22.1. The summed E-state index contributed by atoms with van der Waals surface area (Å²) in [5.41, 5.74) is 0.805. The SMILES string of the molecule is [2H]c1cc([2H])c2c(c1[2H])c1c([2H])c([2H])cc([2H])c1n2-c1cc(-c2ccccc2)cc(-c2nc(-c3c([2H])c([2H])c([2H])c([2H])c3[2H])nc(-c3c([2H])c([2H])c([2H])c([2H])c3[2H])n2)c1. The van der Waals surface area contributed by atoms with Crippen LogP contribution < -0.4 is 0 Å². The van der Waals surface area contributed by atoms with E-state index in [0.717, 1.165) is 0 Å². The molecule has 0 N–H and O–H groups in total. The van der Waals surface area contributed by atoms with E-state index in [1.54, 1.807) is 42.5 Å². The zero-order chi connectivity index (χ0) is 42.5. The van der Waals surface area contributed by atoms with Gasteiger partial charge in [-0.1, -0.05) is 127 Å². The minimum Gasteiger partial charge on any atom is -0.309 e. The first-order chi connectivity index (χ1) is 27.9. The van der Waals surface area contributed by atoms with Crippen LogP contribution in [-0.2, 0) is 0 Å². The van der Waals surface area contributed by atoms with Crippen LogP contribution in [0, 0.1) is 0 Å². The Balaban J connectivity index is 1.54. The second kappa shape index (κ2) is 10.5. The fourth-order valence-corrected chi connectivity index (χ4v) is 4.89. The van der Waals surface area contributed by atoms with Crippen LogP contribution in [0.15, 0.2) is 157 Å². The van der Waals surface area contributed by atoms with Gasteiger partial charge in [-0.3, -0.25) is 0 Å². The molecule has 0 fully saturated rings. The minimum atomic E-state index is -0.696. The van der Waals surface area contributed by atoms with Crippen LogP contribution in [0.25, 0.3) is 72.8 Å². The zero-order valence-electron chi connectivity index (χ0n) is 38.1. The molecule has 8 rings (SSSR count). The average Bonchev–Trinajstić information content (AvgIpc) is 3.60. The molecule has 43 heavy (non-hydrogen) atoms. The highest BCUT2D eigenvalue weighted by Crippen LogP contribution is 2.36. The Bertz CT molecular complexity index is 2910. The van der Waals surface area contributed by atoms with E-state index in [0.29, 0.717) is 11.1 Å². The smallest absolute Gasteiger partial charge is 0.164 e. The van der Waals surface area contributed by atoms with Crippen molar-refractivity contribution in [2.45, 2.75) is 0 Å². The van der Waals surface area contributed by atoms with Crippen molar-refractivity contribution in [3.8, 4) is 51.0 Å². The van der Waals surface area contributed by atoms with Gasteiger partial charge in [0.2, 0.25) is 0 Å². The molecule has 4 heteroatoms. The molecule has 0 radical (unpaired) electrons. The van der Waals surface area contributed by atoms with Gasteiger partial charge in [-0.15, -0.1) is 0 Å². The summed E-state index contributed by atoms with van der Waals surface area (Å²) < 4.78 is 138. The maximum atomic E-state index is 8.99. The van der Waals surface area contributed by atoms with Gasteiger partial charge in [0.15, 0.2) is 17.5 Å². The standard InChI is InChI=1S/C39H26N4/c1-4-14-27(15-5-1)30-24-31(26-32(25-30)43-35-22-12-10-20-33(35)34-21-11-13-23-36(34)43)39-41-37(28-16-6-2-7-17-28)40-38(42-39)29-18-8-3-9-19-29/h1-26H/i2D,3D,6D,7D,8D,9D,10D,11D,16D,17D,18D,19D,20D,21D,22D,23D. The first-order valence-corrected chi connectivity index (χ1v) is 13.1. The fraction of sp³-hybridized carbons (Fsp3) is 0. The second-order valence-electron chi connectivity index (χ2n) is 9.34. The maximum absolute atomic E-state index is 8.99. The van der Waals surface area contributed by atoms with Crippen LogP contribution in [-0.4, -0.2) is 19.5 Å². The van der Waals surface area contributed by atoms with Gasteiger partial charge >= 0.3 is 0 Å². The predicted octanol–water partition coefficient (Wildman–Crippen LogP) is 9.64. The van der Waals surface area contributed by atoms with E-state index in [2.05, 4.69) is 15.0 Å². The normalized spacial score (nSPS) is 16.5. The lowest BCUT2D eigenvalue weighted by Crippen LogP contribution is -2.01. The first kappa shape index (κ1) is 13.4. The van der Waals surface area contributed by atoms with Gasteiger partial charge in [-0.05, 0) is 41.4 Å². The van der Waals surface area contributed by atoms with Crippen LogP contribution in [0.2, 0.25) is 0 Å². The van der Waals surface area contributed by atoms with Gasteiger partial charge in [-0.2, -0.15) is 0 Å². The molecule has 8 aromatic rings. The van der Waals surface area contributed by atoms with Crippen LogP contribution >= 0.6 is 0 Å². The first-order valence-electron chi connectivity index (χ1n) is 21.1. The van der Waals surface area contributed by atoms with Crippen molar-refractivity contribution in [1.29, 1.82) is 0 Å². The van der Waals surface area contributed by atoms with E-state index in [1.807, 2.05) is 0 Å². The van der Waals surface area contributed by atoms with Gasteiger partial charge in [0.05, 0.1) is 33.0 Å². The maximum Gasteiger partial charge on any atom is 0.164 e. The van der Waals surface area contributed by atoms with Crippen LogP contribution in [0.4, 0.5) is 0 Å². The number of fused-ring (bicyclic) bond motifs is 3. The van der Waals surface area contributed by atoms with Crippen molar-refractivity contribution in [1.82, 2.24) is 19.5 Å². The lowest BCUT2D eigenvalue weighted by Gasteiger charge is -2.14. The third-order valence-electron chi connectivity index (χ3n) is 6.75. The molecule has 202 valence electrons. The number of rotatable bonds is 5. The number of aromatic nitrogens is 4. The molecule has 0 atom stereocenters. The largest absolute Gasteiger partial charge is 0.309 e. The number of hydrogen-bond acceptors (Lipinski definition) is 3. The van der Waals surface area contributed by atoms with E-state index in [4.69, 9.17) is 21.9 Å². The van der Waals surface area contributed by atoms with Crippen molar-refractivity contribution in [3.05, 3.63) is 157 Å². The molecule has 4 nitrogen and oxygen atoms in total. The van der Waals surface area contributed by atoms with Gasteiger partial charge < -0.3 is 4.57 Å². The fourth-order valence-electron chi connectivity index (χ4n) is 4.89. The molecule has 0 amide bonds. The lowest BCUT2D eigenvalue weighted by molar-refractivity contribution is 1.07. The molecule has 0 saturated heterocycles. The summed E-state index contributed by atoms with van der Waals surface area (Å²) in [6.07, 6.45) is 0. The number of para-hydroxylation sites is 2. The van der Waals surface area contributed by atoms with E-state index in [9.17, 15) is 0 Å². The number of benzene rings is 6. The molecule has 2 aromatic heterocycles. The summed E-state index contributed by atoms with van der Waals surface area (Å²) in [4.78, 5) is 13.5. The molecule has 0 saturated carbocycles. The second-order valence-corrected chi connectivity index (χ2v) is 9.34.